The number of hydrogen-bond donors (Lipinski definition) is 2. The molecule has 2 amide bonds. The third-order valence-electron chi connectivity index (χ3n) is 4.75. The van der Waals surface area contributed by atoms with Crippen LogP contribution in [0.3, 0.4) is 0 Å². The molecule has 1 saturated heterocycles. The highest BCUT2D eigenvalue weighted by molar-refractivity contribution is 5.77. The van der Waals surface area contributed by atoms with E-state index in [0.29, 0.717) is 19.1 Å². The molecule has 2 rings (SSSR count). The molecule has 1 aliphatic heterocycles. The Balaban J connectivity index is 1.90. The van der Waals surface area contributed by atoms with E-state index in [2.05, 4.69) is 24.1 Å². The fourth-order valence-corrected chi connectivity index (χ4v) is 3.43. The first-order valence-corrected chi connectivity index (χ1v) is 7.95. The minimum Gasteiger partial charge on any atom is -0.481 e. The maximum absolute atomic E-state index is 12.4. The van der Waals surface area contributed by atoms with E-state index in [4.69, 9.17) is 5.11 Å². The van der Waals surface area contributed by atoms with Crippen LogP contribution >= 0.6 is 0 Å². The minimum atomic E-state index is -0.832. The number of nitrogens with one attached hydrogen (secondary N) is 1. The van der Waals surface area contributed by atoms with Gasteiger partial charge >= 0.3 is 12.0 Å². The number of urea groups is 1. The summed E-state index contributed by atoms with van der Waals surface area (Å²) in [6.07, 6.45) is 3.57. The normalized spacial score (nSPS) is 22.5. The Bertz CT molecular complexity index is 384. The predicted octanol–water partition coefficient (Wildman–Crippen LogP) is 1.51. The summed E-state index contributed by atoms with van der Waals surface area (Å²) < 4.78 is 0. The summed E-state index contributed by atoms with van der Waals surface area (Å²) in [7, 11) is 0. The molecular weight excluding hydrogens is 270 g/mol. The lowest BCUT2D eigenvalue weighted by Gasteiger charge is -2.39. The minimum absolute atomic E-state index is 0.0324. The van der Waals surface area contributed by atoms with Crippen LogP contribution in [0.15, 0.2) is 0 Å². The molecule has 0 radical (unpaired) electrons. The highest BCUT2D eigenvalue weighted by atomic mass is 16.4. The van der Waals surface area contributed by atoms with Crippen molar-refractivity contribution in [3.63, 3.8) is 0 Å². The van der Waals surface area contributed by atoms with Crippen LogP contribution in [0.2, 0.25) is 0 Å². The smallest absolute Gasteiger partial charge is 0.317 e. The van der Waals surface area contributed by atoms with E-state index in [1.165, 1.54) is 0 Å². The topological polar surface area (TPSA) is 72.9 Å². The number of nitrogens with zero attached hydrogens (tertiary/aromatic N) is 2. The van der Waals surface area contributed by atoms with Crippen LogP contribution in [0.5, 0.6) is 0 Å². The van der Waals surface area contributed by atoms with Crippen LogP contribution in [-0.2, 0) is 4.79 Å². The molecule has 0 bridgehead atoms. The van der Waals surface area contributed by atoms with Crippen molar-refractivity contribution in [1.29, 1.82) is 0 Å². The first-order chi connectivity index (χ1) is 9.92. The number of aliphatic carboxylic acids is 1. The van der Waals surface area contributed by atoms with Gasteiger partial charge in [-0.1, -0.05) is 12.8 Å². The van der Waals surface area contributed by atoms with Crippen molar-refractivity contribution in [2.24, 2.45) is 0 Å². The number of carboxylic acids is 1. The van der Waals surface area contributed by atoms with E-state index in [0.717, 1.165) is 38.8 Å². The van der Waals surface area contributed by atoms with Gasteiger partial charge in [0.25, 0.3) is 0 Å². The van der Waals surface area contributed by atoms with Crippen LogP contribution in [0.1, 0.15) is 46.0 Å². The van der Waals surface area contributed by atoms with Crippen molar-refractivity contribution in [2.45, 2.75) is 57.5 Å². The first kappa shape index (κ1) is 16.1. The summed E-state index contributed by atoms with van der Waals surface area (Å²) in [5.41, 5.74) is -0.530. The Morgan fingerprint density at radius 3 is 2.19 bits per heavy atom. The van der Waals surface area contributed by atoms with Crippen LogP contribution in [0.4, 0.5) is 4.79 Å². The van der Waals surface area contributed by atoms with Crippen LogP contribution in [0.25, 0.3) is 0 Å². The molecule has 1 aliphatic carbocycles. The van der Waals surface area contributed by atoms with Crippen molar-refractivity contribution in [1.82, 2.24) is 15.1 Å². The monoisotopic (exact) mass is 297 g/mol. The zero-order valence-corrected chi connectivity index (χ0v) is 13.1. The zero-order chi connectivity index (χ0) is 15.5. The lowest BCUT2D eigenvalue weighted by molar-refractivity contribution is -0.138. The van der Waals surface area contributed by atoms with Gasteiger partial charge in [0.05, 0.1) is 12.0 Å². The summed E-state index contributed by atoms with van der Waals surface area (Å²) in [4.78, 5) is 27.7. The lowest BCUT2D eigenvalue weighted by atomic mass is 9.93. The van der Waals surface area contributed by atoms with Crippen LogP contribution < -0.4 is 5.32 Å². The fraction of sp³-hybridized carbons (Fsp3) is 0.867. The maximum atomic E-state index is 12.4. The second-order valence-corrected chi connectivity index (χ2v) is 6.60. The Kier molecular flexibility index (Phi) is 5.08. The average molecular weight is 297 g/mol. The Morgan fingerprint density at radius 1 is 1.14 bits per heavy atom. The third-order valence-corrected chi connectivity index (χ3v) is 4.75. The molecule has 6 heteroatoms. The molecule has 0 aromatic heterocycles. The number of carboxylic acid groups (broad SMARTS) is 1. The Morgan fingerprint density at radius 2 is 1.71 bits per heavy atom. The van der Waals surface area contributed by atoms with Gasteiger partial charge in [-0.2, -0.15) is 0 Å². The fourth-order valence-electron chi connectivity index (χ4n) is 3.43. The maximum Gasteiger partial charge on any atom is 0.317 e. The van der Waals surface area contributed by atoms with Crippen molar-refractivity contribution in [3.05, 3.63) is 0 Å². The number of piperazine rings is 1. The summed E-state index contributed by atoms with van der Waals surface area (Å²) in [5.74, 6) is -0.832. The molecule has 0 unspecified atom stereocenters. The molecule has 0 atom stereocenters. The first-order valence-electron chi connectivity index (χ1n) is 7.95. The molecule has 2 N–H and O–H groups in total. The second kappa shape index (κ2) is 6.64. The van der Waals surface area contributed by atoms with Crippen molar-refractivity contribution < 1.29 is 14.7 Å². The molecule has 21 heavy (non-hydrogen) atoms. The molecule has 6 nitrogen and oxygen atoms in total. The zero-order valence-electron chi connectivity index (χ0n) is 13.1. The van der Waals surface area contributed by atoms with Gasteiger partial charge in [0.2, 0.25) is 0 Å². The molecule has 1 saturated carbocycles. The third kappa shape index (κ3) is 4.09. The average Bonchev–Trinajstić information content (AvgIpc) is 2.86. The van der Waals surface area contributed by atoms with E-state index in [1.54, 1.807) is 0 Å². The van der Waals surface area contributed by atoms with Crippen molar-refractivity contribution >= 4 is 12.0 Å². The van der Waals surface area contributed by atoms with Crippen molar-refractivity contribution in [2.75, 3.05) is 26.2 Å². The summed E-state index contributed by atoms with van der Waals surface area (Å²) in [6.45, 7) is 7.53. The van der Waals surface area contributed by atoms with E-state index in [1.807, 2.05) is 4.90 Å². The summed E-state index contributed by atoms with van der Waals surface area (Å²) >= 11 is 0. The second-order valence-electron chi connectivity index (χ2n) is 6.60. The molecular formula is C15H27N3O3. The van der Waals surface area contributed by atoms with Crippen molar-refractivity contribution in [3.8, 4) is 0 Å². The predicted molar refractivity (Wildman–Crippen MR) is 80.3 cm³/mol. The van der Waals surface area contributed by atoms with E-state index in [9.17, 15) is 9.59 Å². The van der Waals surface area contributed by atoms with E-state index < -0.39 is 11.5 Å². The molecule has 0 aromatic rings. The van der Waals surface area contributed by atoms with Gasteiger partial charge in [-0.05, 0) is 26.7 Å². The van der Waals surface area contributed by atoms with Crippen LogP contribution in [0, 0.1) is 0 Å². The Hall–Kier alpha value is -1.30. The van der Waals surface area contributed by atoms with Gasteiger partial charge < -0.3 is 15.3 Å². The standard InChI is InChI=1S/C15H27N3O3/c1-12(2)17-7-9-18(10-8-17)14(21)16-15(11-13(19)20)5-3-4-6-15/h12H,3-11H2,1-2H3,(H,16,21)(H,19,20). The molecule has 0 spiro atoms. The molecule has 2 fully saturated rings. The van der Waals surface area contributed by atoms with Gasteiger partial charge in [0.15, 0.2) is 0 Å². The summed E-state index contributed by atoms with van der Waals surface area (Å²) in [6, 6.07) is 0.407. The highest BCUT2D eigenvalue weighted by Gasteiger charge is 2.38. The quantitative estimate of drug-likeness (QED) is 0.825. The molecule has 0 aromatic carbocycles. The van der Waals surface area contributed by atoms with Gasteiger partial charge in [0.1, 0.15) is 0 Å². The number of carbonyl (C=O) groups is 2. The van der Waals surface area contributed by atoms with Gasteiger partial charge in [-0.25, -0.2) is 4.79 Å². The van der Waals surface area contributed by atoms with E-state index in [-0.39, 0.29) is 12.5 Å². The Labute approximate surface area is 126 Å². The SMILES string of the molecule is CC(C)N1CCN(C(=O)NC2(CC(=O)O)CCCC2)CC1. The van der Waals surface area contributed by atoms with E-state index >= 15 is 0 Å². The van der Waals surface area contributed by atoms with Gasteiger partial charge in [-0.15, -0.1) is 0 Å². The largest absolute Gasteiger partial charge is 0.481 e. The molecule has 1 heterocycles. The number of hydrogen-bond acceptors (Lipinski definition) is 3. The molecule has 120 valence electrons. The lowest BCUT2D eigenvalue weighted by Crippen LogP contribution is -2.57. The van der Waals surface area contributed by atoms with Crippen LogP contribution in [-0.4, -0.2) is 64.7 Å². The number of rotatable bonds is 4. The number of amides is 2. The summed E-state index contributed by atoms with van der Waals surface area (Å²) in [5, 5.41) is 12.1. The molecule has 2 aliphatic rings. The number of carbonyl (C=O) groups excluding carboxylic acids is 1. The highest BCUT2D eigenvalue weighted by Crippen LogP contribution is 2.32. The van der Waals surface area contributed by atoms with Gasteiger partial charge in [0, 0.05) is 32.2 Å². The van der Waals surface area contributed by atoms with Gasteiger partial charge in [-0.3, -0.25) is 9.69 Å².